The Balaban J connectivity index is 1.51. The van der Waals surface area contributed by atoms with E-state index in [9.17, 15) is 4.79 Å². The second kappa shape index (κ2) is 6.58. The summed E-state index contributed by atoms with van der Waals surface area (Å²) in [5.41, 5.74) is 1.36. The third-order valence-electron chi connectivity index (χ3n) is 4.29. The maximum absolute atomic E-state index is 12.1. The van der Waals surface area contributed by atoms with Gasteiger partial charge in [-0.3, -0.25) is 4.79 Å². The Morgan fingerprint density at radius 1 is 1.38 bits per heavy atom. The van der Waals surface area contributed by atoms with Gasteiger partial charge >= 0.3 is 0 Å². The highest BCUT2D eigenvalue weighted by Crippen LogP contribution is 2.27. The van der Waals surface area contributed by atoms with Gasteiger partial charge < -0.3 is 10.0 Å². The van der Waals surface area contributed by atoms with Crippen LogP contribution in [0.3, 0.4) is 0 Å². The number of carbonyl (C=O) groups excluding carboxylic acids is 1. The molecule has 1 aromatic carbocycles. The first kappa shape index (κ1) is 14.5. The lowest BCUT2D eigenvalue weighted by molar-refractivity contribution is -0.130. The smallest absolute Gasteiger partial charge is 0.222 e. The van der Waals surface area contributed by atoms with E-state index in [1.165, 1.54) is 15.6 Å². The molecule has 1 aliphatic rings. The molecule has 2 heterocycles. The minimum atomic E-state index is 0.199. The largest absolute Gasteiger partial charge is 0.396 e. The molecule has 0 aliphatic carbocycles. The molecule has 1 aromatic heterocycles. The van der Waals surface area contributed by atoms with Gasteiger partial charge in [0.2, 0.25) is 5.91 Å². The van der Waals surface area contributed by atoms with Crippen LogP contribution in [0.5, 0.6) is 0 Å². The minimum absolute atomic E-state index is 0.199. The molecule has 1 atom stereocenters. The van der Waals surface area contributed by atoms with E-state index in [2.05, 4.69) is 29.6 Å². The molecule has 1 unspecified atom stereocenters. The van der Waals surface area contributed by atoms with Gasteiger partial charge in [0.1, 0.15) is 0 Å². The SMILES string of the molecule is O=C(CCCc1csc2ccccc12)N1CCC(CO)C1. The van der Waals surface area contributed by atoms with E-state index in [1.54, 1.807) is 11.3 Å². The van der Waals surface area contributed by atoms with Crippen molar-refractivity contribution in [3.8, 4) is 0 Å². The van der Waals surface area contributed by atoms with Gasteiger partial charge in [-0.25, -0.2) is 0 Å². The van der Waals surface area contributed by atoms with Crippen molar-refractivity contribution in [3.05, 3.63) is 35.2 Å². The third-order valence-corrected chi connectivity index (χ3v) is 5.31. The molecule has 3 nitrogen and oxygen atoms in total. The summed E-state index contributed by atoms with van der Waals surface area (Å²) >= 11 is 1.78. The zero-order valence-electron chi connectivity index (χ0n) is 12.1. The lowest BCUT2D eigenvalue weighted by Gasteiger charge is -2.15. The summed E-state index contributed by atoms with van der Waals surface area (Å²) in [5.74, 6) is 0.528. The van der Waals surface area contributed by atoms with Crippen LogP contribution in [0.15, 0.2) is 29.6 Å². The van der Waals surface area contributed by atoms with Crippen LogP contribution in [0.2, 0.25) is 0 Å². The van der Waals surface area contributed by atoms with Gasteiger partial charge in [0.25, 0.3) is 0 Å². The minimum Gasteiger partial charge on any atom is -0.396 e. The van der Waals surface area contributed by atoms with Crippen molar-refractivity contribution >= 4 is 27.3 Å². The molecule has 1 saturated heterocycles. The van der Waals surface area contributed by atoms with Crippen molar-refractivity contribution < 1.29 is 9.90 Å². The molecule has 0 radical (unpaired) electrons. The Labute approximate surface area is 129 Å². The fourth-order valence-corrected chi connectivity index (χ4v) is 4.02. The number of hydrogen-bond donors (Lipinski definition) is 1. The Bertz CT molecular complexity index is 622. The standard InChI is InChI=1S/C17H21NO2S/c19-11-13-8-9-18(10-13)17(20)7-3-4-14-12-21-16-6-2-1-5-15(14)16/h1-2,5-6,12-13,19H,3-4,7-11H2. The summed E-state index contributed by atoms with van der Waals surface area (Å²) in [6, 6.07) is 8.45. The summed E-state index contributed by atoms with van der Waals surface area (Å²) in [7, 11) is 0. The molecular formula is C17H21NO2S. The number of benzene rings is 1. The Morgan fingerprint density at radius 2 is 2.24 bits per heavy atom. The summed E-state index contributed by atoms with van der Waals surface area (Å²) in [6.45, 7) is 1.74. The Hall–Kier alpha value is -1.39. The van der Waals surface area contributed by atoms with Crippen LogP contribution in [-0.4, -0.2) is 35.6 Å². The number of fused-ring (bicyclic) bond motifs is 1. The monoisotopic (exact) mass is 303 g/mol. The van der Waals surface area contributed by atoms with E-state index in [-0.39, 0.29) is 18.4 Å². The zero-order chi connectivity index (χ0) is 14.7. The van der Waals surface area contributed by atoms with Crippen molar-refractivity contribution in [1.29, 1.82) is 0 Å². The predicted octanol–water partition coefficient (Wildman–Crippen LogP) is 3.06. The van der Waals surface area contributed by atoms with Crippen molar-refractivity contribution in [2.45, 2.75) is 25.7 Å². The highest BCUT2D eigenvalue weighted by molar-refractivity contribution is 7.17. The number of hydrogen-bond acceptors (Lipinski definition) is 3. The fraction of sp³-hybridized carbons (Fsp3) is 0.471. The van der Waals surface area contributed by atoms with E-state index >= 15 is 0 Å². The molecule has 0 spiro atoms. The maximum atomic E-state index is 12.1. The molecule has 4 heteroatoms. The van der Waals surface area contributed by atoms with Gasteiger partial charge in [-0.05, 0) is 41.7 Å². The normalized spacial score (nSPS) is 18.5. The molecule has 1 fully saturated rings. The van der Waals surface area contributed by atoms with Crippen molar-refractivity contribution in [3.63, 3.8) is 0 Å². The van der Waals surface area contributed by atoms with Gasteiger partial charge in [0.05, 0.1) is 0 Å². The summed E-state index contributed by atoms with van der Waals surface area (Å²) in [4.78, 5) is 14.1. The number of carbonyl (C=O) groups is 1. The van der Waals surface area contributed by atoms with E-state index in [0.717, 1.165) is 32.4 Å². The molecule has 3 rings (SSSR count). The Morgan fingerprint density at radius 3 is 3.05 bits per heavy atom. The highest BCUT2D eigenvalue weighted by atomic mass is 32.1. The van der Waals surface area contributed by atoms with Crippen LogP contribution < -0.4 is 0 Å². The van der Waals surface area contributed by atoms with Gasteiger partial charge in [-0.1, -0.05) is 18.2 Å². The zero-order valence-corrected chi connectivity index (χ0v) is 12.9. The van der Waals surface area contributed by atoms with E-state index < -0.39 is 0 Å². The number of aliphatic hydroxyl groups is 1. The second-order valence-corrected chi connectivity index (χ2v) is 6.70. The topological polar surface area (TPSA) is 40.5 Å². The summed E-state index contributed by atoms with van der Waals surface area (Å²) in [6.07, 6.45) is 3.42. The highest BCUT2D eigenvalue weighted by Gasteiger charge is 2.25. The van der Waals surface area contributed by atoms with Crippen LogP contribution in [-0.2, 0) is 11.2 Å². The fourth-order valence-electron chi connectivity index (χ4n) is 3.02. The lowest BCUT2D eigenvalue weighted by Crippen LogP contribution is -2.28. The van der Waals surface area contributed by atoms with Crippen molar-refractivity contribution in [2.75, 3.05) is 19.7 Å². The van der Waals surface area contributed by atoms with Gasteiger partial charge in [0.15, 0.2) is 0 Å². The predicted molar refractivity (Wildman–Crippen MR) is 86.5 cm³/mol. The van der Waals surface area contributed by atoms with Crippen LogP contribution in [0, 0.1) is 5.92 Å². The first-order chi connectivity index (χ1) is 10.3. The van der Waals surface area contributed by atoms with E-state index in [4.69, 9.17) is 5.11 Å². The number of rotatable bonds is 5. The Kier molecular flexibility index (Phi) is 4.56. The van der Waals surface area contributed by atoms with Crippen molar-refractivity contribution in [1.82, 2.24) is 4.90 Å². The number of nitrogens with zero attached hydrogens (tertiary/aromatic N) is 1. The van der Waals surface area contributed by atoms with Crippen molar-refractivity contribution in [2.24, 2.45) is 5.92 Å². The van der Waals surface area contributed by atoms with Crippen LogP contribution in [0.4, 0.5) is 0 Å². The third kappa shape index (κ3) is 3.27. The molecule has 112 valence electrons. The molecular weight excluding hydrogens is 282 g/mol. The lowest BCUT2D eigenvalue weighted by atomic mass is 10.1. The summed E-state index contributed by atoms with van der Waals surface area (Å²) < 4.78 is 1.32. The second-order valence-electron chi connectivity index (χ2n) is 5.79. The molecule has 1 aliphatic heterocycles. The number of aryl methyl sites for hydroxylation is 1. The molecule has 1 amide bonds. The van der Waals surface area contributed by atoms with Crippen LogP contribution in [0.25, 0.3) is 10.1 Å². The summed E-state index contributed by atoms with van der Waals surface area (Å²) in [5, 5.41) is 12.7. The first-order valence-corrected chi connectivity index (χ1v) is 8.49. The van der Waals surface area contributed by atoms with E-state index in [0.29, 0.717) is 6.42 Å². The quantitative estimate of drug-likeness (QED) is 0.922. The van der Waals surface area contributed by atoms with Gasteiger partial charge in [0, 0.05) is 36.7 Å². The molecule has 0 saturated carbocycles. The molecule has 0 bridgehead atoms. The number of likely N-dealkylation sites (tertiary alicyclic amines) is 1. The van der Waals surface area contributed by atoms with Gasteiger partial charge in [-0.15, -0.1) is 11.3 Å². The first-order valence-electron chi connectivity index (χ1n) is 7.61. The number of thiophene rings is 1. The number of amides is 1. The molecule has 21 heavy (non-hydrogen) atoms. The average Bonchev–Trinajstić information content (AvgIpc) is 3.14. The van der Waals surface area contributed by atoms with E-state index in [1.807, 2.05) is 4.90 Å². The van der Waals surface area contributed by atoms with Crippen LogP contribution >= 0.6 is 11.3 Å². The van der Waals surface area contributed by atoms with Gasteiger partial charge in [-0.2, -0.15) is 0 Å². The molecule has 2 aromatic rings. The average molecular weight is 303 g/mol. The maximum Gasteiger partial charge on any atom is 0.222 e. The number of aliphatic hydroxyl groups excluding tert-OH is 1. The van der Waals surface area contributed by atoms with Crippen LogP contribution in [0.1, 0.15) is 24.8 Å². The molecule has 1 N–H and O–H groups in total.